The fourth-order valence-electron chi connectivity index (χ4n) is 1.47. The molecule has 0 saturated carbocycles. The summed E-state index contributed by atoms with van der Waals surface area (Å²) < 4.78 is 0. The van der Waals surface area contributed by atoms with Crippen molar-refractivity contribution < 1.29 is 57.0 Å². The zero-order valence-electron chi connectivity index (χ0n) is 12.3. The van der Waals surface area contributed by atoms with E-state index in [1.54, 1.807) is 0 Å². The number of allylic oxidation sites excluding steroid dienone is 2. The smallest absolute Gasteiger partial charge is 0.354 e. The Hall–Kier alpha value is -3.16. The van der Waals surface area contributed by atoms with Gasteiger partial charge in [0.1, 0.15) is 17.4 Å². The molecule has 1 aromatic rings. The number of rotatable bonds is 4. The summed E-state index contributed by atoms with van der Waals surface area (Å²) in [4.78, 5) is 44.6. The summed E-state index contributed by atoms with van der Waals surface area (Å²) in [7, 11) is 0. The van der Waals surface area contributed by atoms with E-state index < -0.39 is 29.9 Å². The van der Waals surface area contributed by atoms with E-state index in [1.807, 2.05) is 0 Å². The Labute approximate surface area is 151 Å². The Kier molecular flexibility index (Phi) is 8.62. The van der Waals surface area contributed by atoms with Crippen LogP contribution in [0.4, 0.5) is 0 Å². The van der Waals surface area contributed by atoms with Gasteiger partial charge in [-0.3, -0.25) is 0 Å². The van der Waals surface area contributed by atoms with Crippen LogP contribution < -0.4 is 10.4 Å². The van der Waals surface area contributed by atoms with Gasteiger partial charge in [0, 0.05) is 17.4 Å². The minimum atomic E-state index is -1.41. The maximum absolute atomic E-state index is 10.4. The van der Waals surface area contributed by atoms with Crippen molar-refractivity contribution in [1.29, 1.82) is 0 Å². The second kappa shape index (κ2) is 9.86. The van der Waals surface area contributed by atoms with Crippen LogP contribution in [0.3, 0.4) is 0 Å². The molecule has 0 radical (unpaired) electrons. The van der Waals surface area contributed by atoms with Gasteiger partial charge in [-0.25, -0.2) is 19.4 Å². The molecule has 132 valence electrons. The Bertz CT molecular complexity index is 715. The van der Waals surface area contributed by atoms with Crippen LogP contribution in [-0.2, 0) is 27.0 Å². The summed E-state index contributed by atoms with van der Waals surface area (Å²) >= 11 is 0. The van der Waals surface area contributed by atoms with E-state index in [2.05, 4.69) is 10.3 Å². The predicted molar refractivity (Wildman–Crippen MR) is 74.9 cm³/mol. The van der Waals surface area contributed by atoms with Crippen molar-refractivity contribution in [2.75, 3.05) is 0 Å². The van der Waals surface area contributed by atoms with Crippen LogP contribution in [-0.4, -0.2) is 50.2 Å². The summed E-state index contributed by atoms with van der Waals surface area (Å²) in [6.45, 7) is 0. The molecule has 4 N–H and O–H groups in total. The average molecular weight is 387 g/mol. The first-order valence-electron chi connectivity index (χ1n) is 6.25. The molecule has 25 heavy (non-hydrogen) atoms. The zero-order chi connectivity index (χ0) is 18.3. The standard InChI is InChI=1S/C7H7NO4.C7H5NO4.Cr/c2*9-6(10)4-2-1-3-5(8-4)7(11)12;/h1-4,8H,(H,9,10)(H,11,12);1-3H,(H,9,10)(H,11,12);/p-1. The van der Waals surface area contributed by atoms with Gasteiger partial charge in [-0.2, -0.15) is 0 Å². The molecule has 0 fully saturated rings. The molecule has 0 spiro atoms. The molecule has 2 rings (SSSR count). The molecule has 10 nitrogen and oxygen atoms in total. The van der Waals surface area contributed by atoms with Gasteiger partial charge in [0.2, 0.25) is 0 Å². The summed E-state index contributed by atoms with van der Waals surface area (Å²) in [6, 6.07) is 2.81. The number of pyridine rings is 1. The number of nitrogens with zero attached hydrogens (tertiary/aromatic N) is 1. The fourth-order valence-corrected chi connectivity index (χ4v) is 1.47. The average Bonchev–Trinajstić information content (AvgIpc) is 2.55. The number of carboxylic acid groups (broad SMARTS) is 4. The number of dihydropyridines is 1. The van der Waals surface area contributed by atoms with Crippen molar-refractivity contribution in [2.45, 2.75) is 6.04 Å². The normalized spacial score (nSPS) is 14.6. The van der Waals surface area contributed by atoms with E-state index >= 15 is 0 Å². The minimum Gasteiger partial charge on any atom is -0.543 e. The molecular weight excluding hydrogens is 376 g/mol. The first kappa shape index (κ1) is 21.8. The van der Waals surface area contributed by atoms with Crippen molar-refractivity contribution in [3.63, 3.8) is 0 Å². The van der Waals surface area contributed by atoms with E-state index in [9.17, 15) is 24.3 Å². The first-order chi connectivity index (χ1) is 11.2. The van der Waals surface area contributed by atoms with Gasteiger partial charge in [-0.1, -0.05) is 18.2 Å². The van der Waals surface area contributed by atoms with Crippen molar-refractivity contribution in [3.05, 3.63) is 53.5 Å². The Morgan fingerprint density at radius 2 is 1.56 bits per heavy atom. The number of aromatic carboxylic acids is 2. The van der Waals surface area contributed by atoms with Gasteiger partial charge in [-0.15, -0.1) is 0 Å². The van der Waals surface area contributed by atoms with Gasteiger partial charge in [-0.05, 0) is 18.2 Å². The Morgan fingerprint density at radius 1 is 1.04 bits per heavy atom. The Morgan fingerprint density at radius 3 is 1.96 bits per heavy atom. The summed E-state index contributed by atoms with van der Waals surface area (Å²) in [5.41, 5.74) is -0.755. The topological polar surface area (TPSA) is 177 Å². The molecule has 1 unspecified atom stereocenters. The van der Waals surface area contributed by atoms with Crippen LogP contribution in [0.2, 0.25) is 0 Å². The van der Waals surface area contributed by atoms with Gasteiger partial charge in [0.05, 0.1) is 11.7 Å². The number of hydrogen-bond donors (Lipinski definition) is 4. The van der Waals surface area contributed by atoms with Crippen LogP contribution >= 0.6 is 0 Å². The zero-order valence-corrected chi connectivity index (χ0v) is 13.6. The van der Waals surface area contributed by atoms with E-state index in [1.165, 1.54) is 36.4 Å². The SMILES string of the molecule is O=C(O)c1cccc(C(=O)O)n1.O=C([O-])C1=CC=CC(C(=O)O)N1.[Cr]. The van der Waals surface area contributed by atoms with Crippen LogP contribution in [0.25, 0.3) is 0 Å². The summed E-state index contributed by atoms with van der Waals surface area (Å²) in [6.07, 6.45) is 3.95. The monoisotopic (exact) mass is 387 g/mol. The Balaban J connectivity index is 0.000000443. The molecule has 1 aliphatic heterocycles. The van der Waals surface area contributed by atoms with Crippen LogP contribution in [0, 0.1) is 0 Å². The molecule has 1 atom stereocenters. The molecule has 0 aliphatic carbocycles. The number of hydrogen-bond acceptors (Lipinski definition) is 7. The van der Waals surface area contributed by atoms with Crippen molar-refractivity contribution in [2.24, 2.45) is 0 Å². The van der Waals surface area contributed by atoms with Crippen molar-refractivity contribution in [3.8, 4) is 0 Å². The third kappa shape index (κ3) is 6.86. The van der Waals surface area contributed by atoms with Crippen LogP contribution in [0.15, 0.2) is 42.1 Å². The predicted octanol–water partition coefficient (Wildman–Crippen LogP) is -1.29. The third-order valence-corrected chi connectivity index (χ3v) is 2.55. The molecule has 0 saturated heterocycles. The second-order valence-electron chi connectivity index (χ2n) is 4.23. The van der Waals surface area contributed by atoms with Gasteiger partial charge < -0.3 is 30.5 Å². The maximum atomic E-state index is 10.4. The van der Waals surface area contributed by atoms with Crippen molar-refractivity contribution in [1.82, 2.24) is 10.3 Å². The number of carboxylic acids is 4. The molecule has 0 amide bonds. The maximum Gasteiger partial charge on any atom is 0.354 e. The molecule has 1 aromatic heterocycles. The quantitative estimate of drug-likeness (QED) is 0.486. The molecule has 0 bridgehead atoms. The second-order valence-corrected chi connectivity index (χ2v) is 4.23. The van der Waals surface area contributed by atoms with E-state index in [0.717, 1.165) is 0 Å². The number of carbonyl (C=O) groups is 4. The fraction of sp³-hybridized carbons (Fsp3) is 0.0714. The molecule has 11 heteroatoms. The van der Waals surface area contributed by atoms with Crippen LogP contribution in [0.5, 0.6) is 0 Å². The minimum absolute atomic E-state index is 0. The molecule has 0 aromatic carbocycles. The first-order valence-corrected chi connectivity index (χ1v) is 6.25. The number of aliphatic carboxylic acids is 2. The number of carbonyl (C=O) groups excluding carboxylic acids is 1. The molecular formula is C14H11CrN2O8-. The van der Waals surface area contributed by atoms with E-state index in [4.69, 9.17) is 15.3 Å². The molecule has 2 heterocycles. The van der Waals surface area contributed by atoms with Gasteiger partial charge in [0.15, 0.2) is 0 Å². The van der Waals surface area contributed by atoms with E-state index in [0.29, 0.717) is 0 Å². The third-order valence-electron chi connectivity index (χ3n) is 2.55. The van der Waals surface area contributed by atoms with Gasteiger partial charge >= 0.3 is 17.9 Å². The van der Waals surface area contributed by atoms with E-state index in [-0.39, 0.29) is 34.4 Å². The largest absolute Gasteiger partial charge is 0.543 e. The number of aromatic nitrogens is 1. The van der Waals surface area contributed by atoms with Gasteiger partial charge in [0.25, 0.3) is 0 Å². The van der Waals surface area contributed by atoms with Crippen molar-refractivity contribution >= 4 is 23.9 Å². The number of nitrogens with one attached hydrogen (secondary N) is 1. The molecule has 1 aliphatic rings. The van der Waals surface area contributed by atoms with Crippen LogP contribution in [0.1, 0.15) is 21.0 Å². The summed E-state index contributed by atoms with van der Waals surface area (Å²) in [5.74, 6) is -5.01. The summed E-state index contributed by atoms with van der Waals surface area (Å²) in [5, 5.41) is 37.9.